The number of hydrogen-bond donors (Lipinski definition) is 1. The molecule has 0 bridgehead atoms. The second kappa shape index (κ2) is 8.27. The zero-order valence-electron chi connectivity index (χ0n) is 16.1. The monoisotopic (exact) mass is 411 g/mol. The molecule has 1 saturated heterocycles. The first-order valence-electron chi connectivity index (χ1n) is 9.57. The summed E-state index contributed by atoms with van der Waals surface area (Å²) < 4.78 is 5.42. The fourth-order valence-corrected chi connectivity index (χ4v) is 3.73. The Labute approximate surface area is 174 Å². The van der Waals surface area contributed by atoms with E-state index in [2.05, 4.69) is 22.2 Å². The zero-order chi connectivity index (χ0) is 20.4. The first-order chi connectivity index (χ1) is 14.0. The van der Waals surface area contributed by atoms with E-state index in [1.807, 2.05) is 18.2 Å². The summed E-state index contributed by atoms with van der Waals surface area (Å²) >= 11 is 5.96. The smallest absolute Gasteiger partial charge is 0.293 e. The first kappa shape index (κ1) is 19.5. The summed E-state index contributed by atoms with van der Waals surface area (Å²) in [5, 5.41) is 15.0. The summed E-state index contributed by atoms with van der Waals surface area (Å²) in [5.41, 5.74) is 2.75. The van der Waals surface area contributed by atoms with Gasteiger partial charge < -0.3 is 19.4 Å². The molecular formula is C22H22ClN3O3. The van der Waals surface area contributed by atoms with Crippen LogP contribution < -0.4 is 4.90 Å². The highest BCUT2D eigenvalue weighted by atomic mass is 35.5. The summed E-state index contributed by atoms with van der Waals surface area (Å²) in [6, 6.07) is 17.2. The van der Waals surface area contributed by atoms with Gasteiger partial charge in [0.25, 0.3) is 5.91 Å². The van der Waals surface area contributed by atoms with Crippen molar-refractivity contribution in [2.75, 3.05) is 31.1 Å². The van der Waals surface area contributed by atoms with E-state index in [9.17, 15) is 9.90 Å². The predicted molar refractivity (Wildman–Crippen MR) is 112 cm³/mol. The normalized spacial score (nSPS) is 15.4. The molecule has 150 valence electrons. The number of rotatable bonds is 4. The molecule has 7 heteroatoms. The van der Waals surface area contributed by atoms with E-state index in [1.165, 1.54) is 0 Å². The van der Waals surface area contributed by atoms with E-state index in [4.69, 9.17) is 16.1 Å². The standard InChI is InChI=1S/C22H22ClN3O3/c1-15(27)19-20(16-7-9-17(23)10-8-16)24-29-21(19)22(28)26-13-11-25(12-14-26)18-5-3-2-4-6-18/h2-10,15,27H,11-14H2,1H3/t15-/m0/s1. The van der Waals surface area contributed by atoms with E-state index < -0.39 is 6.10 Å². The number of aromatic nitrogens is 1. The number of aliphatic hydroxyl groups is 1. The van der Waals surface area contributed by atoms with E-state index in [1.54, 1.807) is 36.1 Å². The predicted octanol–water partition coefficient (Wildman–Crippen LogP) is 4.01. The van der Waals surface area contributed by atoms with E-state index in [0.717, 1.165) is 24.3 Å². The maximum Gasteiger partial charge on any atom is 0.293 e. The Morgan fingerprint density at radius 2 is 1.72 bits per heavy atom. The molecule has 3 aromatic rings. The van der Waals surface area contributed by atoms with Crippen molar-refractivity contribution in [2.45, 2.75) is 13.0 Å². The van der Waals surface area contributed by atoms with Gasteiger partial charge in [-0.25, -0.2) is 0 Å². The van der Waals surface area contributed by atoms with Gasteiger partial charge in [-0.2, -0.15) is 0 Å². The van der Waals surface area contributed by atoms with E-state index in [-0.39, 0.29) is 11.7 Å². The molecular weight excluding hydrogens is 390 g/mol. The zero-order valence-corrected chi connectivity index (χ0v) is 16.8. The van der Waals surface area contributed by atoms with Crippen molar-refractivity contribution in [3.63, 3.8) is 0 Å². The molecule has 1 aromatic heterocycles. The summed E-state index contributed by atoms with van der Waals surface area (Å²) in [6.07, 6.45) is -0.892. The Morgan fingerprint density at radius 3 is 2.34 bits per heavy atom. The number of halogens is 1. The van der Waals surface area contributed by atoms with Gasteiger partial charge in [0.15, 0.2) is 0 Å². The Kier molecular flexibility index (Phi) is 5.56. The average molecular weight is 412 g/mol. The Bertz CT molecular complexity index is 978. The number of nitrogens with zero attached hydrogens (tertiary/aromatic N) is 3. The van der Waals surface area contributed by atoms with Crippen molar-refractivity contribution in [3.8, 4) is 11.3 Å². The molecule has 1 aliphatic rings. The number of carbonyl (C=O) groups excluding carboxylic acids is 1. The average Bonchev–Trinajstić information content (AvgIpc) is 3.20. The highest BCUT2D eigenvalue weighted by molar-refractivity contribution is 6.30. The third kappa shape index (κ3) is 3.99. The lowest BCUT2D eigenvalue weighted by atomic mass is 10.0. The molecule has 0 saturated carbocycles. The van der Waals surface area contributed by atoms with Gasteiger partial charge in [-0.1, -0.05) is 47.1 Å². The molecule has 1 atom stereocenters. The quantitative estimate of drug-likeness (QED) is 0.702. The van der Waals surface area contributed by atoms with Gasteiger partial charge in [0.05, 0.1) is 11.7 Å². The summed E-state index contributed by atoms with van der Waals surface area (Å²) in [7, 11) is 0. The van der Waals surface area contributed by atoms with Crippen molar-refractivity contribution < 1.29 is 14.4 Å². The van der Waals surface area contributed by atoms with Gasteiger partial charge in [-0.05, 0) is 31.2 Å². The summed E-state index contributed by atoms with van der Waals surface area (Å²) in [5.74, 6) is -0.153. The third-order valence-electron chi connectivity index (χ3n) is 5.15. The molecule has 1 fully saturated rings. The van der Waals surface area contributed by atoms with Gasteiger partial charge in [-0.3, -0.25) is 4.79 Å². The van der Waals surface area contributed by atoms with Crippen LogP contribution in [0.4, 0.5) is 5.69 Å². The number of amides is 1. The molecule has 6 nitrogen and oxygen atoms in total. The molecule has 0 aliphatic carbocycles. The van der Waals surface area contributed by atoms with Gasteiger partial charge in [0.1, 0.15) is 5.69 Å². The van der Waals surface area contributed by atoms with Crippen LogP contribution >= 0.6 is 11.6 Å². The number of piperazine rings is 1. The number of anilines is 1. The van der Waals surface area contributed by atoms with Crippen LogP contribution in [0.1, 0.15) is 29.1 Å². The Morgan fingerprint density at radius 1 is 1.07 bits per heavy atom. The number of hydrogen-bond acceptors (Lipinski definition) is 5. The second-order valence-electron chi connectivity index (χ2n) is 7.07. The van der Waals surface area contributed by atoms with Crippen LogP contribution in [0.15, 0.2) is 59.1 Å². The molecule has 2 aromatic carbocycles. The lowest BCUT2D eigenvalue weighted by molar-refractivity contribution is 0.0696. The maximum atomic E-state index is 13.1. The fraction of sp³-hybridized carbons (Fsp3) is 0.273. The van der Waals surface area contributed by atoms with Crippen molar-refractivity contribution in [1.82, 2.24) is 10.1 Å². The Hall–Kier alpha value is -2.83. The van der Waals surface area contributed by atoms with Crippen molar-refractivity contribution in [2.24, 2.45) is 0 Å². The van der Waals surface area contributed by atoms with Gasteiger partial charge in [0.2, 0.25) is 5.76 Å². The molecule has 0 unspecified atom stereocenters. The highest BCUT2D eigenvalue weighted by Crippen LogP contribution is 2.32. The van der Waals surface area contributed by atoms with E-state index >= 15 is 0 Å². The van der Waals surface area contributed by atoms with Gasteiger partial charge in [-0.15, -0.1) is 0 Å². The Balaban J connectivity index is 1.54. The molecule has 0 spiro atoms. The molecule has 2 heterocycles. The molecule has 0 radical (unpaired) electrons. The van der Waals surface area contributed by atoms with Crippen molar-refractivity contribution in [1.29, 1.82) is 0 Å². The highest BCUT2D eigenvalue weighted by Gasteiger charge is 2.31. The van der Waals surface area contributed by atoms with Crippen LogP contribution in [0.2, 0.25) is 5.02 Å². The largest absolute Gasteiger partial charge is 0.388 e. The lowest BCUT2D eigenvalue weighted by Gasteiger charge is -2.35. The molecule has 1 N–H and O–H groups in total. The number of benzene rings is 2. The summed E-state index contributed by atoms with van der Waals surface area (Å²) in [6.45, 7) is 4.22. The minimum atomic E-state index is -0.892. The SMILES string of the molecule is C[C@H](O)c1c(-c2ccc(Cl)cc2)noc1C(=O)N1CCN(c2ccccc2)CC1. The maximum absolute atomic E-state index is 13.1. The van der Waals surface area contributed by atoms with Gasteiger partial charge >= 0.3 is 0 Å². The minimum Gasteiger partial charge on any atom is -0.388 e. The van der Waals surface area contributed by atoms with Crippen LogP contribution in [0.25, 0.3) is 11.3 Å². The third-order valence-corrected chi connectivity index (χ3v) is 5.40. The van der Waals surface area contributed by atoms with Crippen molar-refractivity contribution >= 4 is 23.2 Å². The van der Waals surface area contributed by atoms with Crippen molar-refractivity contribution in [3.05, 3.63) is 70.9 Å². The topological polar surface area (TPSA) is 69.8 Å². The second-order valence-corrected chi connectivity index (χ2v) is 7.51. The molecule has 29 heavy (non-hydrogen) atoms. The summed E-state index contributed by atoms with van der Waals surface area (Å²) in [4.78, 5) is 17.1. The molecule has 1 amide bonds. The van der Waals surface area contributed by atoms with Crippen LogP contribution in [0, 0.1) is 0 Å². The van der Waals surface area contributed by atoms with Crippen LogP contribution in [-0.2, 0) is 0 Å². The fourth-order valence-electron chi connectivity index (χ4n) is 3.61. The minimum absolute atomic E-state index is 0.0955. The molecule has 1 aliphatic heterocycles. The number of para-hydroxylation sites is 1. The number of aliphatic hydroxyl groups excluding tert-OH is 1. The number of carbonyl (C=O) groups is 1. The van der Waals surface area contributed by atoms with Crippen LogP contribution in [-0.4, -0.2) is 47.2 Å². The lowest BCUT2D eigenvalue weighted by Crippen LogP contribution is -2.48. The van der Waals surface area contributed by atoms with Gasteiger partial charge in [0, 0.05) is 42.5 Å². The van der Waals surface area contributed by atoms with E-state index in [0.29, 0.717) is 29.4 Å². The van der Waals surface area contributed by atoms with Crippen LogP contribution in [0.3, 0.4) is 0 Å². The molecule has 4 rings (SSSR count). The van der Waals surface area contributed by atoms with Crippen LogP contribution in [0.5, 0.6) is 0 Å². The first-order valence-corrected chi connectivity index (χ1v) is 9.95.